The first kappa shape index (κ1) is 21.8. The second-order valence-corrected chi connectivity index (χ2v) is 8.06. The molecular weight excluding hydrogens is 392 g/mol. The van der Waals surface area contributed by atoms with Crippen LogP contribution in [-0.2, 0) is 4.74 Å². The van der Waals surface area contributed by atoms with Gasteiger partial charge in [-0.3, -0.25) is 9.78 Å². The van der Waals surface area contributed by atoms with Crippen LogP contribution in [0.2, 0.25) is 0 Å². The van der Waals surface area contributed by atoms with Gasteiger partial charge in [0.1, 0.15) is 0 Å². The van der Waals surface area contributed by atoms with E-state index >= 15 is 0 Å². The summed E-state index contributed by atoms with van der Waals surface area (Å²) in [6.45, 7) is 9.37. The third-order valence-corrected chi connectivity index (χ3v) is 6.01. The first-order valence-corrected chi connectivity index (χ1v) is 10.6. The molecular formula is C25H26N2O2S. The van der Waals surface area contributed by atoms with Gasteiger partial charge in [0, 0.05) is 40.8 Å². The summed E-state index contributed by atoms with van der Waals surface area (Å²) < 4.78 is 4.98. The SMILES string of the molecule is C=C(c1ccccc1Sc1ccc(C(=O)NCCOC)cc1C)c1ncccc1C. The fraction of sp³-hybridized carbons (Fsp3) is 0.200. The first-order chi connectivity index (χ1) is 14.5. The molecule has 0 spiro atoms. The van der Waals surface area contributed by atoms with Crippen molar-refractivity contribution in [3.63, 3.8) is 0 Å². The van der Waals surface area contributed by atoms with Crippen molar-refractivity contribution in [2.75, 3.05) is 20.3 Å². The van der Waals surface area contributed by atoms with E-state index in [4.69, 9.17) is 4.74 Å². The van der Waals surface area contributed by atoms with Crippen molar-refractivity contribution in [1.82, 2.24) is 10.3 Å². The number of pyridine rings is 1. The number of carbonyl (C=O) groups excluding carboxylic acids is 1. The molecule has 3 rings (SSSR count). The molecule has 1 N–H and O–H groups in total. The van der Waals surface area contributed by atoms with Crippen LogP contribution in [0.4, 0.5) is 0 Å². The standard InChI is InChI=1S/C25H26N2O2S/c1-17-8-7-13-26-24(17)19(3)21-9-5-6-10-23(21)30-22-12-11-20(16-18(22)2)25(28)27-14-15-29-4/h5-13,16H,3,14-15H2,1-2,4H3,(H,27,28). The highest BCUT2D eigenvalue weighted by Gasteiger charge is 2.14. The van der Waals surface area contributed by atoms with Gasteiger partial charge in [0.15, 0.2) is 0 Å². The number of aromatic nitrogens is 1. The minimum absolute atomic E-state index is 0.0916. The molecule has 1 aromatic heterocycles. The zero-order chi connectivity index (χ0) is 21.5. The van der Waals surface area contributed by atoms with E-state index in [0.29, 0.717) is 18.7 Å². The van der Waals surface area contributed by atoms with Gasteiger partial charge >= 0.3 is 0 Å². The number of methoxy groups -OCH3 is 1. The molecule has 5 heteroatoms. The van der Waals surface area contributed by atoms with E-state index in [9.17, 15) is 4.79 Å². The minimum Gasteiger partial charge on any atom is -0.383 e. The molecule has 154 valence electrons. The van der Waals surface area contributed by atoms with E-state index in [1.165, 1.54) is 0 Å². The number of benzene rings is 2. The van der Waals surface area contributed by atoms with Crippen LogP contribution in [0.1, 0.15) is 32.7 Å². The highest BCUT2D eigenvalue weighted by atomic mass is 32.2. The number of nitrogens with one attached hydrogen (secondary N) is 1. The maximum absolute atomic E-state index is 12.3. The Balaban J connectivity index is 1.83. The topological polar surface area (TPSA) is 51.2 Å². The molecule has 0 aliphatic heterocycles. The second-order valence-electron chi connectivity index (χ2n) is 6.97. The van der Waals surface area contributed by atoms with Crippen LogP contribution in [-0.4, -0.2) is 31.2 Å². The molecule has 0 saturated heterocycles. The van der Waals surface area contributed by atoms with Gasteiger partial charge in [0.05, 0.1) is 12.3 Å². The fourth-order valence-electron chi connectivity index (χ4n) is 3.13. The number of hydrogen-bond donors (Lipinski definition) is 1. The van der Waals surface area contributed by atoms with Crippen molar-refractivity contribution >= 4 is 23.2 Å². The summed E-state index contributed by atoms with van der Waals surface area (Å²) in [5.74, 6) is -0.0916. The molecule has 0 aliphatic carbocycles. The Morgan fingerprint density at radius 1 is 1.07 bits per heavy atom. The Kier molecular flexibility index (Phi) is 7.44. The molecule has 4 nitrogen and oxygen atoms in total. The van der Waals surface area contributed by atoms with Crippen molar-refractivity contribution in [3.05, 3.63) is 95.3 Å². The smallest absolute Gasteiger partial charge is 0.251 e. The zero-order valence-corrected chi connectivity index (χ0v) is 18.4. The molecule has 30 heavy (non-hydrogen) atoms. The van der Waals surface area contributed by atoms with Crippen LogP contribution in [0.5, 0.6) is 0 Å². The molecule has 1 heterocycles. The Morgan fingerprint density at radius 3 is 2.60 bits per heavy atom. The largest absolute Gasteiger partial charge is 0.383 e. The monoisotopic (exact) mass is 418 g/mol. The van der Waals surface area contributed by atoms with Crippen molar-refractivity contribution in [3.8, 4) is 0 Å². The van der Waals surface area contributed by atoms with Gasteiger partial charge in [-0.25, -0.2) is 0 Å². The van der Waals surface area contributed by atoms with Crippen LogP contribution >= 0.6 is 11.8 Å². The van der Waals surface area contributed by atoms with Crippen LogP contribution in [0.15, 0.2) is 77.2 Å². The highest BCUT2D eigenvalue weighted by Crippen LogP contribution is 2.37. The lowest BCUT2D eigenvalue weighted by molar-refractivity contribution is 0.0937. The average molecular weight is 419 g/mol. The lowest BCUT2D eigenvalue weighted by atomic mass is 10.0. The summed E-state index contributed by atoms with van der Waals surface area (Å²) in [5.41, 5.74) is 5.67. The number of carbonyl (C=O) groups is 1. The Bertz CT molecular complexity index is 1060. The molecule has 2 aromatic carbocycles. The molecule has 1 amide bonds. The fourth-order valence-corrected chi connectivity index (χ4v) is 4.17. The summed E-state index contributed by atoms with van der Waals surface area (Å²) >= 11 is 1.67. The quantitative estimate of drug-likeness (QED) is 0.505. The van der Waals surface area contributed by atoms with Crippen molar-refractivity contribution < 1.29 is 9.53 Å². The second kappa shape index (κ2) is 10.2. The van der Waals surface area contributed by atoms with Crippen molar-refractivity contribution in [1.29, 1.82) is 0 Å². The molecule has 0 atom stereocenters. The first-order valence-electron chi connectivity index (χ1n) is 9.77. The zero-order valence-electron chi connectivity index (χ0n) is 17.6. The minimum atomic E-state index is -0.0916. The van der Waals surface area contributed by atoms with Gasteiger partial charge in [-0.05, 0) is 60.9 Å². The predicted molar refractivity (Wildman–Crippen MR) is 123 cm³/mol. The molecule has 0 aliphatic rings. The van der Waals surface area contributed by atoms with Crippen molar-refractivity contribution in [2.24, 2.45) is 0 Å². The Morgan fingerprint density at radius 2 is 1.87 bits per heavy atom. The molecule has 0 saturated carbocycles. The Hall–Kier alpha value is -2.89. The molecule has 0 radical (unpaired) electrons. The van der Waals surface area contributed by atoms with E-state index in [2.05, 4.69) is 29.0 Å². The van der Waals surface area contributed by atoms with Crippen LogP contribution in [0.25, 0.3) is 5.57 Å². The van der Waals surface area contributed by atoms with E-state index in [1.54, 1.807) is 25.1 Å². The van der Waals surface area contributed by atoms with Crippen LogP contribution in [0.3, 0.4) is 0 Å². The normalized spacial score (nSPS) is 10.6. The average Bonchev–Trinajstić information content (AvgIpc) is 2.75. The van der Waals surface area contributed by atoms with E-state index in [-0.39, 0.29) is 5.91 Å². The maximum Gasteiger partial charge on any atom is 0.251 e. The summed E-state index contributed by atoms with van der Waals surface area (Å²) in [6.07, 6.45) is 1.80. The molecule has 3 aromatic rings. The van der Waals surface area contributed by atoms with Crippen molar-refractivity contribution in [2.45, 2.75) is 23.6 Å². The molecule has 0 fully saturated rings. The predicted octanol–water partition coefficient (Wildman–Crippen LogP) is 5.29. The van der Waals surface area contributed by atoms with Crippen LogP contribution < -0.4 is 5.32 Å². The molecule has 0 unspecified atom stereocenters. The maximum atomic E-state index is 12.3. The van der Waals surface area contributed by atoms with Gasteiger partial charge in [-0.2, -0.15) is 0 Å². The van der Waals surface area contributed by atoms with Gasteiger partial charge in [-0.15, -0.1) is 0 Å². The van der Waals surface area contributed by atoms with Gasteiger partial charge < -0.3 is 10.1 Å². The number of amides is 1. The number of rotatable bonds is 8. The van der Waals surface area contributed by atoms with Crippen LogP contribution in [0, 0.1) is 13.8 Å². The van der Waals surface area contributed by atoms with E-state index in [1.807, 2.05) is 56.3 Å². The summed E-state index contributed by atoms with van der Waals surface area (Å²) in [4.78, 5) is 19.0. The lowest BCUT2D eigenvalue weighted by Crippen LogP contribution is -2.26. The number of hydrogen-bond acceptors (Lipinski definition) is 4. The van der Waals surface area contributed by atoms with E-state index in [0.717, 1.165) is 37.7 Å². The van der Waals surface area contributed by atoms with Gasteiger partial charge in [0.2, 0.25) is 0 Å². The number of aryl methyl sites for hydroxylation is 2. The lowest BCUT2D eigenvalue weighted by Gasteiger charge is -2.14. The van der Waals surface area contributed by atoms with Gasteiger partial charge in [-0.1, -0.05) is 42.6 Å². The number of nitrogens with zero attached hydrogens (tertiary/aromatic N) is 1. The molecule has 0 bridgehead atoms. The third-order valence-electron chi connectivity index (χ3n) is 4.76. The van der Waals surface area contributed by atoms with E-state index < -0.39 is 0 Å². The summed E-state index contributed by atoms with van der Waals surface area (Å²) in [7, 11) is 1.62. The Labute approximate surface area is 182 Å². The highest BCUT2D eigenvalue weighted by molar-refractivity contribution is 7.99. The van der Waals surface area contributed by atoms with Gasteiger partial charge in [0.25, 0.3) is 5.91 Å². The summed E-state index contributed by atoms with van der Waals surface area (Å²) in [5, 5.41) is 2.85. The number of ether oxygens (including phenoxy) is 1. The summed E-state index contributed by atoms with van der Waals surface area (Å²) in [6, 6.07) is 18.0. The third kappa shape index (κ3) is 5.17.